The van der Waals surface area contributed by atoms with E-state index in [1.807, 2.05) is 6.92 Å². The van der Waals surface area contributed by atoms with Gasteiger partial charge in [-0.3, -0.25) is 4.79 Å². The van der Waals surface area contributed by atoms with E-state index in [9.17, 15) is 4.79 Å². The number of amides is 1. The molecule has 1 amide bonds. The fourth-order valence-electron chi connectivity index (χ4n) is 0.246. The molecule has 0 spiro atoms. The molecule has 8 heavy (non-hydrogen) atoms. The second-order valence-corrected chi connectivity index (χ2v) is 1.10. The van der Waals surface area contributed by atoms with Gasteiger partial charge in [0.25, 0.3) is 0 Å². The fraction of sp³-hybridized carbons (Fsp3) is 0.500. The molecule has 0 aliphatic heterocycles. The largest absolute Gasteiger partial charge is 0.353 e. The van der Waals surface area contributed by atoms with Crippen LogP contribution in [0.15, 0.2) is 12.7 Å². The smallest absolute Gasteiger partial charge is 0.243 e. The lowest BCUT2D eigenvalue weighted by Crippen LogP contribution is -2.19. The van der Waals surface area contributed by atoms with Crippen LogP contribution in [0.4, 0.5) is 0 Å². The predicted molar refractivity (Wildman–Crippen MR) is 35.6 cm³/mol. The van der Waals surface area contributed by atoms with Crippen molar-refractivity contribution < 1.29 is 4.79 Å². The van der Waals surface area contributed by atoms with E-state index in [2.05, 4.69) is 11.9 Å². The van der Waals surface area contributed by atoms with Gasteiger partial charge < -0.3 is 5.32 Å². The normalized spacial score (nSPS) is 6.62. The number of carbonyl (C=O) groups excluding carboxylic acids is 1. The summed E-state index contributed by atoms with van der Waals surface area (Å²) >= 11 is 0. The zero-order valence-corrected chi connectivity index (χ0v) is 4.40. The van der Waals surface area contributed by atoms with Gasteiger partial charge in [-0.25, -0.2) is 0 Å². The maximum absolute atomic E-state index is 10.2. The fourth-order valence-corrected chi connectivity index (χ4v) is 0.246. The Bertz CT molecular complexity index is 78.6. The van der Waals surface area contributed by atoms with Crippen LogP contribution in [0.5, 0.6) is 0 Å². The molecule has 0 unspecified atom stereocenters. The lowest BCUT2D eigenvalue weighted by Gasteiger charge is -1.90. The number of hydrogen-bond acceptors (Lipinski definition) is 1. The standard InChI is InChI=1S/C5H9NO.CH4/c1-3-5(7)6-4-2;/h3H,1,4H2,2H3,(H,6,7);1H4. The number of likely N-dealkylation sites (N-methyl/N-ethyl adjacent to an activating group) is 1. The minimum absolute atomic E-state index is 0. The maximum atomic E-state index is 10.2. The average Bonchev–Trinajstić information content (AvgIpc) is 1.68. The van der Waals surface area contributed by atoms with Crippen LogP contribution in [0.25, 0.3) is 0 Å². The summed E-state index contributed by atoms with van der Waals surface area (Å²) in [5, 5.41) is 2.54. The average molecular weight is 115 g/mol. The van der Waals surface area contributed by atoms with Crippen LogP contribution < -0.4 is 5.32 Å². The highest BCUT2D eigenvalue weighted by Crippen LogP contribution is 1.61. The molecule has 0 rings (SSSR count). The zero-order valence-electron chi connectivity index (χ0n) is 4.40. The van der Waals surface area contributed by atoms with Crippen LogP contribution in [-0.2, 0) is 4.79 Å². The Labute approximate surface area is 50.6 Å². The summed E-state index contributed by atoms with van der Waals surface area (Å²) in [7, 11) is 0. The van der Waals surface area contributed by atoms with Crippen LogP contribution >= 0.6 is 0 Å². The van der Waals surface area contributed by atoms with Crippen molar-refractivity contribution in [2.75, 3.05) is 6.54 Å². The van der Waals surface area contributed by atoms with Gasteiger partial charge in [-0.05, 0) is 13.0 Å². The molecule has 0 aliphatic rings. The highest BCUT2D eigenvalue weighted by molar-refractivity contribution is 5.86. The Morgan fingerprint density at radius 3 is 2.50 bits per heavy atom. The van der Waals surface area contributed by atoms with Crippen LogP contribution in [-0.4, -0.2) is 12.5 Å². The molecule has 2 heteroatoms. The number of rotatable bonds is 2. The number of nitrogens with one attached hydrogen (secondary N) is 1. The molecule has 0 atom stereocenters. The summed E-state index contributed by atoms with van der Waals surface area (Å²) in [6.07, 6.45) is 1.25. The molecule has 0 saturated heterocycles. The molecule has 0 fully saturated rings. The van der Waals surface area contributed by atoms with Crippen molar-refractivity contribution in [1.82, 2.24) is 5.32 Å². The van der Waals surface area contributed by atoms with E-state index in [1.165, 1.54) is 6.08 Å². The Hall–Kier alpha value is -0.790. The maximum Gasteiger partial charge on any atom is 0.243 e. The summed E-state index contributed by atoms with van der Waals surface area (Å²) in [6, 6.07) is 0. The van der Waals surface area contributed by atoms with E-state index in [1.54, 1.807) is 0 Å². The molecule has 2 nitrogen and oxygen atoms in total. The Balaban J connectivity index is 0. The van der Waals surface area contributed by atoms with Gasteiger partial charge in [-0.2, -0.15) is 0 Å². The SMILES string of the molecule is C.C=CC(=O)NCC. The van der Waals surface area contributed by atoms with Crippen molar-refractivity contribution in [2.24, 2.45) is 0 Å². The van der Waals surface area contributed by atoms with Crippen molar-refractivity contribution in [3.8, 4) is 0 Å². The van der Waals surface area contributed by atoms with Crippen LogP contribution in [0.1, 0.15) is 14.4 Å². The van der Waals surface area contributed by atoms with Gasteiger partial charge in [-0.1, -0.05) is 14.0 Å². The summed E-state index contributed by atoms with van der Waals surface area (Å²) in [5.74, 6) is -0.109. The summed E-state index contributed by atoms with van der Waals surface area (Å²) in [4.78, 5) is 10.2. The molecule has 0 bridgehead atoms. The van der Waals surface area contributed by atoms with E-state index < -0.39 is 0 Å². The second-order valence-electron chi connectivity index (χ2n) is 1.10. The molecule has 0 aromatic heterocycles. The monoisotopic (exact) mass is 115 g/mol. The van der Waals surface area contributed by atoms with E-state index in [0.29, 0.717) is 6.54 Å². The molecule has 0 aromatic rings. The summed E-state index contributed by atoms with van der Waals surface area (Å²) < 4.78 is 0. The Morgan fingerprint density at radius 1 is 1.88 bits per heavy atom. The predicted octanol–water partition coefficient (Wildman–Crippen LogP) is 0.945. The summed E-state index contributed by atoms with van der Waals surface area (Å²) in [5.41, 5.74) is 0. The first-order valence-electron chi connectivity index (χ1n) is 2.21. The molecule has 0 radical (unpaired) electrons. The van der Waals surface area contributed by atoms with E-state index in [-0.39, 0.29) is 13.3 Å². The van der Waals surface area contributed by atoms with Crippen LogP contribution in [0.3, 0.4) is 0 Å². The van der Waals surface area contributed by atoms with Crippen LogP contribution in [0, 0.1) is 0 Å². The number of carbonyl (C=O) groups is 1. The lowest BCUT2D eigenvalue weighted by atomic mass is 10.6. The van der Waals surface area contributed by atoms with E-state index in [4.69, 9.17) is 0 Å². The molecule has 1 N–H and O–H groups in total. The van der Waals surface area contributed by atoms with Gasteiger partial charge in [0.15, 0.2) is 0 Å². The Morgan fingerprint density at radius 2 is 2.38 bits per heavy atom. The van der Waals surface area contributed by atoms with E-state index in [0.717, 1.165) is 0 Å². The molecule has 0 saturated carbocycles. The third-order valence-corrected chi connectivity index (χ3v) is 0.536. The highest BCUT2D eigenvalue weighted by atomic mass is 16.1. The van der Waals surface area contributed by atoms with Gasteiger partial charge in [0.1, 0.15) is 0 Å². The van der Waals surface area contributed by atoms with Crippen molar-refractivity contribution in [3.05, 3.63) is 12.7 Å². The first-order chi connectivity index (χ1) is 3.31. The van der Waals surface area contributed by atoms with E-state index >= 15 is 0 Å². The third kappa shape index (κ3) is 5.21. The highest BCUT2D eigenvalue weighted by Gasteiger charge is 1.83. The third-order valence-electron chi connectivity index (χ3n) is 0.536. The lowest BCUT2D eigenvalue weighted by molar-refractivity contribution is -0.116. The Kier molecular flexibility index (Phi) is 7.95. The van der Waals surface area contributed by atoms with Gasteiger partial charge in [0.2, 0.25) is 5.91 Å². The molecule has 0 heterocycles. The summed E-state index contributed by atoms with van der Waals surface area (Å²) in [6.45, 7) is 5.80. The van der Waals surface area contributed by atoms with Crippen LogP contribution in [0.2, 0.25) is 0 Å². The zero-order chi connectivity index (χ0) is 5.70. The number of hydrogen-bond donors (Lipinski definition) is 1. The molecule has 0 aliphatic carbocycles. The quantitative estimate of drug-likeness (QED) is 0.533. The van der Waals surface area contributed by atoms with Crippen molar-refractivity contribution in [3.63, 3.8) is 0 Å². The second kappa shape index (κ2) is 6.21. The molecule has 0 aromatic carbocycles. The van der Waals surface area contributed by atoms with Crippen molar-refractivity contribution in [1.29, 1.82) is 0 Å². The molecule has 48 valence electrons. The minimum Gasteiger partial charge on any atom is -0.353 e. The first kappa shape index (κ1) is 10.2. The van der Waals surface area contributed by atoms with Gasteiger partial charge >= 0.3 is 0 Å². The minimum atomic E-state index is -0.109. The molecular formula is C6H13NO. The van der Waals surface area contributed by atoms with Gasteiger partial charge in [-0.15, -0.1) is 0 Å². The first-order valence-corrected chi connectivity index (χ1v) is 2.21. The van der Waals surface area contributed by atoms with Gasteiger partial charge in [0, 0.05) is 6.54 Å². The van der Waals surface area contributed by atoms with Gasteiger partial charge in [0.05, 0.1) is 0 Å². The van der Waals surface area contributed by atoms with Crippen molar-refractivity contribution >= 4 is 5.91 Å². The topological polar surface area (TPSA) is 29.1 Å². The van der Waals surface area contributed by atoms with Crippen molar-refractivity contribution in [2.45, 2.75) is 14.4 Å². The molecular weight excluding hydrogens is 102 g/mol.